The van der Waals surface area contributed by atoms with E-state index in [2.05, 4.69) is 108 Å². The molecule has 0 spiro atoms. The Balaban J connectivity index is 1.35. The SMILES string of the molecule is c1ccc(-c2nc(-n3c4ccccc4c4c5c6c(cc43)oc3ccc4ccc7oc8cccc-5c8c7c4c36)c3ccccc3n2)cc1. The second kappa shape index (κ2) is 8.22. The number of hydrogen-bond donors (Lipinski definition) is 0. The van der Waals surface area contributed by atoms with Gasteiger partial charge in [-0.2, -0.15) is 0 Å². The summed E-state index contributed by atoms with van der Waals surface area (Å²) in [5, 5.41) is 10.3. The number of fused-ring (bicyclic) bond motifs is 6. The minimum absolute atomic E-state index is 0.691. The minimum Gasteiger partial charge on any atom is -0.456 e. The average molecular weight is 600 g/mol. The zero-order valence-corrected chi connectivity index (χ0v) is 24.8. The Bertz CT molecular complexity index is 3180. The van der Waals surface area contributed by atoms with Crippen LogP contribution in [0, 0.1) is 0 Å². The molecular weight excluding hydrogens is 578 g/mol. The maximum Gasteiger partial charge on any atom is 0.162 e. The van der Waals surface area contributed by atoms with Crippen LogP contribution in [0.3, 0.4) is 0 Å². The molecule has 12 rings (SSSR count). The Hall–Kier alpha value is -6.46. The molecule has 0 atom stereocenters. The van der Waals surface area contributed by atoms with E-state index in [1.54, 1.807) is 0 Å². The van der Waals surface area contributed by atoms with Gasteiger partial charge in [0.2, 0.25) is 0 Å². The number of hydrogen-bond acceptors (Lipinski definition) is 4. The molecule has 1 aliphatic carbocycles. The summed E-state index contributed by atoms with van der Waals surface area (Å²) < 4.78 is 15.6. The molecule has 7 aromatic carbocycles. The van der Waals surface area contributed by atoms with Gasteiger partial charge in [0, 0.05) is 60.3 Å². The van der Waals surface area contributed by atoms with Gasteiger partial charge >= 0.3 is 0 Å². The molecule has 0 saturated carbocycles. The van der Waals surface area contributed by atoms with Crippen LogP contribution in [0.15, 0.2) is 136 Å². The summed E-state index contributed by atoms with van der Waals surface area (Å²) in [5.41, 5.74) is 9.85. The third kappa shape index (κ3) is 2.86. The largest absolute Gasteiger partial charge is 0.456 e. The van der Waals surface area contributed by atoms with E-state index < -0.39 is 0 Å². The van der Waals surface area contributed by atoms with Gasteiger partial charge in [-0.05, 0) is 47.3 Å². The fourth-order valence-corrected chi connectivity index (χ4v) is 8.24. The third-order valence-electron chi connectivity index (χ3n) is 10.1. The molecule has 0 bridgehead atoms. The van der Waals surface area contributed by atoms with E-state index in [9.17, 15) is 0 Å². The van der Waals surface area contributed by atoms with E-state index in [-0.39, 0.29) is 0 Å². The molecule has 0 fully saturated rings. The molecule has 5 nitrogen and oxygen atoms in total. The van der Waals surface area contributed by atoms with Crippen molar-refractivity contribution in [3.63, 3.8) is 0 Å². The maximum absolute atomic E-state index is 6.79. The molecule has 4 heterocycles. The van der Waals surface area contributed by atoms with E-state index in [1.807, 2.05) is 24.3 Å². The van der Waals surface area contributed by atoms with Crippen molar-refractivity contribution in [2.24, 2.45) is 0 Å². The van der Waals surface area contributed by atoms with Gasteiger partial charge in [0.25, 0.3) is 0 Å². The van der Waals surface area contributed by atoms with Crippen LogP contribution < -0.4 is 0 Å². The number of furan rings is 2. The molecule has 0 radical (unpaired) electrons. The predicted octanol–water partition coefficient (Wildman–Crippen LogP) is 11.3. The van der Waals surface area contributed by atoms with E-state index in [4.69, 9.17) is 18.8 Å². The lowest BCUT2D eigenvalue weighted by Crippen LogP contribution is -2.02. The number of rotatable bonds is 2. The highest BCUT2D eigenvalue weighted by atomic mass is 16.3. The lowest BCUT2D eigenvalue weighted by molar-refractivity contribution is 0.669. The molecule has 47 heavy (non-hydrogen) atoms. The van der Waals surface area contributed by atoms with Gasteiger partial charge in [0.15, 0.2) is 5.82 Å². The highest BCUT2D eigenvalue weighted by Crippen LogP contribution is 2.53. The van der Waals surface area contributed by atoms with Crippen LogP contribution in [0.1, 0.15) is 0 Å². The summed E-state index contributed by atoms with van der Waals surface area (Å²) in [6.07, 6.45) is 0. The first-order valence-corrected chi connectivity index (χ1v) is 15.8. The lowest BCUT2D eigenvalue weighted by atomic mass is 9.93. The Morgan fingerprint density at radius 2 is 1.19 bits per heavy atom. The topological polar surface area (TPSA) is 57.0 Å². The van der Waals surface area contributed by atoms with Crippen LogP contribution in [0.5, 0.6) is 0 Å². The third-order valence-corrected chi connectivity index (χ3v) is 10.1. The van der Waals surface area contributed by atoms with Gasteiger partial charge in [-0.1, -0.05) is 84.9 Å². The summed E-state index contributed by atoms with van der Waals surface area (Å²) >= 11 is 0. The van der Waals surface area contributed by atoms with Crippen molar-refractivity contribution in [1.29, 1.82) is 0 Å². The monoisotopic (exact) mass is 599 g/mol. The minimum atomic E-state index is 0.691. The number of aromatic nitrogens is 3. The van der Waals surface area contributed by atoms with Gasteiger partial charge in [-0.3, -0.25) is 4.57 Å². The van der Waals surface area contributed by atoms with Crippen LogP contribution in [-0.4, -0.2) is 14.5 Å². The molecule has 0 saturated heterocycles. The molecule has 4 aromatic heterocycles. The van der Waals surface area contributed by atoms with E-state index in [0.717, 1.165) is 88.1 Å². The number of benzene rings is 7. The fraction of sp³-hybridized carbons (Fsp3) is 0. The summed E-state index contributed by atoms with van der Waals surface area (Å²) in [6, 6.07) is 44.4. The number of para-hydroxylation sites is 2. The molecular formula is C42H21N3O2. The second-order valence-corrected chi connectivity index (χ2v) is 12.5. The molecule has 0 amide bonds. The molecule has 1 aliphatic rings. The van der Waals surface area contributed by atoms with E-state index in [0.29, 0.717) is 5.82 Å². The smallest absolute Gasteiger partial charge is 0.162 e. The Kier molecular flexibility index (Phi) is 4.17. The zero-order valence-electron chi connectivity index (χ0n) is 24.8. The molecule has 5 heteroatoms. The van der Waals surface area contributed by atoms with Crippen molar-refractivity contribution in [2.45, 2.75) is 0 Å². The normalized spacial score (nSPS) is 12.7. The molecule has 0 N–H and O–H groups in total. The first-order valence-electron chi connectivity index (χ1n) is 15.8. The maximum atomic E-state index is 6.79. The van der Waals surface area contributed by atoms with Gasteiger partial charge in [-0.25, -0.2) is 9.97 Å². The number of nitrogens with zero attached hydrogens (tertiary/aromatic N) is 3. The van der Waals surface area contributed by atoms with Crippen molar-refractivity contribution in [3.05, 3.63) is 127 Å². The van der Waals surface area contributed by atoms with Gasteiger partial charge in [-0.15, -0.1) is 0 Å². The molecule has 0 unspecified atom stereocenters. The van der Waals surface area contributed by atoms with Crippen LogP contribution in [0.2, 0.25) is 0 Å². The van der Waals surface area contributed by atoms with Gasteiger partial charge in [0.1, 0.15) is 28.1 Å². The Morgan fingerprint density at radius 1 is 0.468 bits per heavy atom. The van der Waals surface area contributed by atoms with E-state index in [1.165, 1.54) is 21.7 Å². The lowest BCUT2D eigenvalue weighted by Gasteiger charge is -2.13. The first-order chi connectivity index (χ1) is 23.3. The molecule has 0 aliphatic heterocycles. The van der Waals surface area contributed by atoms with Crippen LogP contribution >= 0.6 is 0 Å². The van der Waals surface area contributed by atoms with Crippen molar-refractivity contribution in [2.75, 3.05) is 0 Å². The summed E-state index contributed by atoms with van der Waals surface area (Å²) in [5.74, 6) is 1.53. The molecule has 216 valence electrons. The highest BCUT2D eigenvalue weighted by molar-refractivity contribution is 6.40. The standard InChI is InChI=1S/C42H21N3O2/c1-2-9-23(10-3-1)41-43-27-14-6-4-11-24(27)42(44-41)45-28-15-7-5-12-25(28)35-29(45)21-33-40-37(35)26-13-8-16-30-36(26)38-31(46-30)19-17-22-18-20-32(47-33)39(40)34(22)38/h1-21H. The highest BCUT2D eigenvalue weighted by Gasteiger charge is 2.29. The summed E-state index contributed by atoms with van der Waals surface area (Å²) in [4.78, 5) is 10.3. The van der Waals surface area contributed by atoms with Gasteiger partial charge < -0.3 is 8.83 Å². The average Bonchev–Trinajstić information content (AvgIpc) is 3.77. The Labute approximate surface area is 265 Å². The predicted molar refractivity (Wildman–Crippen MR) is 190 cm³/mol. The molecule has 11 aromatic rings. The van der Waals surface area contributed by atoms with Crippen LogP contribution in [0.25, 0.3) is 116 Å². The zero-order chi connectivity index (χ0) is 30.4. The quantitative estimate of drug-likeness (QED) is 0.198. The summed E-state index contributed by atoms with van der Waals surface area (Å²) in [6.45, 7) is 0. The fourth-order valence-electron chi connectivity index (χ4n) is 8.24. The van der Waals surface area contributed by atoms with Crippen molar-refractivity contribution in [1.82, 2.24) is 14.5 Å². The van der Waals surface area contributed by atoms with E-state index >= 15 is 0 Å². The Morgan fingerprint density at radius 3 is 2.06 bits per heavy atom. The van der Waals surface area contributed by atoms with Crippen LogP contribution in [0.4, 0.5) is 0 Å². The summed E-state index contributed by atoms with van der Waals surface area (Å²) in [7, 11) is 0. The first kappa shape index (κ1) is 23.9. The van der Waals surface area contributed by atoms with Crippen molar-refractivity contribution in [3.8, 4) is 28.3 Å². The second-order valence-electron chi connectivity index (χ2n) is 12.5. The van der Waals surface area contributed by atoms with Gasteiger partial charge in [0.05, 0.1) is 16.6 Å². The van der Waals surface area contributed by atoms with Crippen molar-refractivity contribution >= 4 is 87.4 Å². The van der Waals surface area contributed by atoms with Crippen LogP contribution in [-0.2, 0) is 0 Å². The van der Waals surface area contributed by atoms with Crippen molar-refractivity contribution < 1.29 is 8.83 Å².